The maximum atomic E-state index is 11.8. The zero-order valence-electron chi connectivity index (χ0n) is 23.9. The number of carbonyl (C=O) groups excluding carboxylic acids is 1. The van der Waals surface area contributed by atoms with E-state index in [9.17, 15) is 4.79 Å². The number of H-pyrrole nitrogens is 1. The van der Waals surface area contributed by atoms with Crippen molar-refractivity contribution in [1.82, 2.24) is 19.7 Å². The van der Waals surface area contributed by atoms with E-state index in [2.05, 4.69) is 15.2 Å². The normalized spacial score (nSPS) is 9.53. The minimum Gasteiger partial charge on any atom is -0.491 e. The maximum absolute atomic E-state index is 11.8. The van der Waals surface area contributed by atoms with Crippen LogP contribution in [0.1, 0.15) is 71.6 Å². The van der Waals surface area contributed by atoms with Crippen molar-refractivity contribution in [3.05, 3.63) is 41.9 Å². The van der Waals surface area contributed by atoms with Crippen LogP contribution in [0.3, 0.4) is 0 Å². The van der Waals surface area contributed by atoms with E-state index in [1.165, 1.54) is 0 Å². The standard InChI is InChI=1S/C20H21N5O3.4C2H6/c1-11-18-14(9-16(19(21)26)22-20(18)24-23-11)15-10-25(2)17-5-4-12(8-13(15)17)28-7-6-27-3;4*1-2/h4-5,8-10H,6-7H2,1-3H3,(H2,21,26)(H,22,23,24);4*1-2H3. The molecule has 200 valence electrons. The molecule has 4 aromatic rings. The highest BCUT2D eigenvalue weighted by Crippen LogP contribution is 2.37. The number of nitrogens with one attached hydrogen (secondary N) is 1. The van der Waals surface area contributed by atoms with Crippen LogP contribution in [-0.2, 0) is 11.8 Å². The molecule has 1 amide bonds. The van der Waals surface area contributed by atoms with Gasteiger partial charge in [0.25, 0.3) is 5.91 Å². The van der Waals surface area contributed by atoms with Crippen LogP contribution in [0.4, 0.5) is 0 Å². The third-order valence-electron chi connectivity index (χ3n) is 4.76. The number of nitrogens with zero attached hydrogens (tertiary/aromatic N) is 3. The van der Waals surface area contributed by atoms with Gasteiger partial charge in [0, 0.05) is 47.9 Å². The van der Waals surface area contributed by atoms with Crippen molar-refractivity contribution in [2.24, 2.45) is 12.8 Å². The fraction of sp³-hybridized carbons (Fsp3) is 0.464. The third-order valence-corrected chi connectivity index (χ3v) is 4.76. The molecule has 3 N–H and O–H groups in total. The number of hydrogen-bond acceptors (Lipinski definition) is 5. The lowest BCUT2D eigenvalue weighted by Crippen LogP contribution is -2.13. The summed E-state index contributed by atoms with van der Waals surface area (Å²) in [6.45, 7) is 18.9. The predicted octanol–water partition coefficient (Wildman–Crippen LogP) is 6.65. The van der Waals surface area contributed by atoms with Crippen LogP contribution in [0.2, 0.25) is 0 Å². The molecule has 0 unspecified atom stereocenters. The molecule has 0 saturated heterocycles. The highest BCUT2D eigenvalue weighted by atomic mass is 16.5. The summed E-state index contributed by atoms with van der Waals surface area (Å²) in [7, 11) is 3.62. The summed E-state index contributed by atoms with van der Waals surface area (Å²) < 4.78 is 12.9. The van der Waals surface area contributed by atoms with E-state index < -0.39 is 5.91 Å². The Kier molecular flexibility index (Phi) is 15.5. The Balaban J connectivity index is 0.00000140. The summed E-state index contributed by atoms with van der Waals surface area (Å²) in [5.41, 5.74) is 9.86. The molecule has 0 aliphatic rings. The molecule has 0 aliphatic heterocycles. The van der Waals surface area contributed by atoms with Crippen molar-refractivity contribution in [1.29, 1.82) is 0 Å². The first-order valence-corrected chi connectivity index (χ1v) is 12.9. The first-order valence-electron chi connectivity index (χ1n) is 12.9. The van der Waals surface area contributed by atoms with E-state index in [4.69, 9.17) is 15.2 Å². The number of benzene rings is 1. The Hall–Kier alpha value is -3.39. The van der Waals surface area contributed by atoms with Gasteiger partial charge in [-0.2, -0.15) is 5.10 Å². The van der Waals surface area contributed by atoms with Gasteiger partial charge in [0.2, 0.25) is 0 Å². The maximum Gasteiger partial charge on any atom is 0.267 e. The molecule has 8 nitrogen and oxygen atoms in total. The lowest BCUT2D eigenvalue weighted by molar-refractivity contribution is 0.0996. The summed E-state index contributed by atoms with van der Waals surface area (Å²) in [6, 6.07) is 7.66. The number of amides is 1. The molecule has 0 aliphatic carbocycles. The summed E-state index contributed by atoms with van der Waals surface area (Å²) >= 11 is 0. The predicted molar refractivity (Wildman–Crippen MR) is 152 cm³/mol. The summed E-state index contributed by atoms with van der Waals surface area (Å²) in [5.74, 6) is 0.161. The molecule has 3 aromatic heterocycles. The fourth-order valence-corrected chi connectivity index (χ4v) is 3.43. The molecule has 4 rings (SSSR count). The molecule has 0 radical (unpaired) electrons. The van der Waals surface area contributed by atoms with Crippen LogP contribution < -0.4 is 10.5 Å². The van der Waals surface area contributed by atoms with Gasteiger partial charge >= 0.3 is 0 Å². The molecule has 0 spiro atoms. The molecule has 0 bridgehead atoms. The number of nitrogens with two attached hydrogens (primary N) is 1. The molecular weight excluding hydrogens is 454 g/mol. The van der Waals surface area contributed by atoms with Gasteiger partial charge in [0.15, 0.2) is 5.65 Å². The van der Waals surface area contributed by atoms with Crippen LogP contribution in [0, 0.1) is 6.92 Å². The summed E-state index contributed by atoms with van der Waals surface area (Å²) in [6.07, 6.45) is 2.02. The van der Waals surface area contributed by atoms with E-state index in [0.29, 0.717) is 18.9 Å². The van der Waals surface area contributed by atoms with Crippen LogP contribution in [0.15, 0.2) is 30.5 Å². The molecular formula is C28H45N5O3. The Morgan fingerprint density at radius 3 is 2.22 bits per heavy atom. The number of ether oxygens (including phenoxy) is 2. The van der Waals surface area contributed by atoms with Gasteiger partial charge in [-0.3, -0.25) is 9.89 Å². The Morgan fingerprint density at radius 2 is 1.64 bits per heavy atom. The number of methoxy groups -OCH3 is 1. The van der Waals surface area contributed by atoms with E-state index in [-0.39, 0.29) is 5.69 Å². The van der Waals surface area contributed by atoms with Gasteiger partial charge in [-0.05, 0) is 36.8 Å². The van der Waals surface area contributed by atoms with Crippen LogP contribution in [0.25, 0.3) is 33.1 Å². The summed E-state index contributed by atoms with van der Waals surface area (Å²) in [4.78, 5) is 16.1. The van der Waals surface area contributed by atoms with E-state index >= 15 is 0 Å². The number of pyridine rings is 1. The monoisotopic (exact) mass is 499 g/mol. The largest absolute Gasteiger partial charge is 0.491 e. The third kappa shape index (κ3) is 7.55. The minimum absolute atomic E-state index is 0.179. The molecule has 0 fully saturated rings. The molecule has 0 atom stereocenters. The van der Waals surface area contributed by atoms with E-state index in [0.717, 1.165) is 38.9 Å². The second-order valence-electron chi connectivity index (χ2n) is 6.64. The smallest absolute Gasteiger partial charge is 0.267 e. The number of carbonyl (C=O) groups is 1. The number of rotatable bonds is 6. The summed E-state index contributed by atoms with van der Waals surface area (Å²) in [5, 5.41) is 9.02. The van der Waals surface area contributed by atoms with Gasteiger partial charge in [0.1, 0.15) is 18.1 Å². The topological polar surface area (TPSA) is 108 Å². The second kappa shape index (κ2) is 17.1. The number of aryl methyl sites for hydroxylation is 2. The first kappa shape index (κ1) is 32.6. The zero-order chi connectivity index (χ0) is 27.8. The Morgan fingerprint density at radius 1 is 1.00 bits per heavy atom. The van der Waals surface area contributed by atoms with Gasteiger partial charge in [0.05, 0.1) is 6.61 Å². The van der Waals surface area contributed by atoms with Crippen molar-refractivity contribution < 1.29 is 14.3 Å². The van der Waals surface area contributed by atoms with Crippen molar-refractivity contribution in [2.75, 3.05) is 20.3 Å². The lowest BCUT2D eigenvalue weighted by Gasteiger charge is -2.08. The molecule has 0 saturated carbocycles. The van der Waals surface area contributed by atoms with Crippen LogP contribution >= 0.6 is 0 Å². The first-order chi connectivity index (χ1) is 17.5. The number of primary amides is 1. The number of aromatic amines is 1. The number of aromatic nitrogens is 4. The molecule has 3 heterocycles. The number of fused-ring (bicyclic) bond motifs is 2. The Labute approximate surface area is 216 Å². The van der Waals surface area contributed by atoms with Crippen molar-refractivity contribution >= 4 is 27.8 Å². The second-order valence-corrected chi connectivity index (χ2v) is 6.64. The average molecular weight is 500 g/mol. The van der Waals surface area contributed by atoms with Gasteiger partial charge < -0.3 is 19.8 Å². The molecule has 36 heavy (non-hydrogen) atoms. The lowest BCUT2D eigenvalue weighted by atomic mass is 10.0. The van der Waals surface area contributed by atoms with Crippen LogP contribution in [0.5, 0.6) is 5.75 Å². The SMILES string of the molecule is CC.CC.CC.CC.COCCOc1ccc2c(c1)c(-c1cc(C(N)=O)nc3n[nH]c(C)c13)cn2C. The molecule has 1 aromatic carbocycles. The number of hydrogen-bond donors (Lipinski definition) is 2. The quantitative estimate of drug-likeness (QED) is 0.289. The van der Waals surface area contributed by atoms with Crippen molar-refractivity contribution in [3.63, 3.8) is 0 Å². The van der Waals surface area contributed by atoms with E-state index in [1.54, 1.807) is 13.2 Å². The minimum atomic E-state index is -0.590. The van der Waals surface area contributed by atoms with Gasteiger partial charge in [-0.15, -0.1) is 0 Å². The fourth-order valence-electron chi connectivity index (χ4n) is 3.43. The van der Waals surface area contributed by atoms with Crippen molar-refractivity contribution in [3.8, 4) is 16.9 Å². The van der Waals surface area contributed by atoms with Gasteiger partial charge in [-0.1, -0.05) is 55.4 Å². The van der Waals surface area contributed by atoms with E-state index in [1.807, 2.05) is 98.3 Å². The highest BCUT2D eigenvalue weighted by molar-refractivity contribution is 6.07. The molecule has 8 heteroatoms. The Bertz CT molecular complexity index is 1200. The highest BCUT2D eigenvalue weighted by Gasteiger charge is 2.19. The van der Waals surface area contributed by atoms with Gasteiger partial charge in [-0.25, -0.2) is 4.98 Å². The van der Waals surface area contributed by atoms with Crippen LogP contribution in [-0.4, -0.2) is 46.0 Å². The average Bonchev–Trinajstić information content (AvgIpc) is 3.47. The van der Waals surface area contributed by atoms with Crippen molar-refractivity contribution in [2.45, 2.75) is 62.3 Å². The zero-order valence-corrected chi connectivity index (χ0v) is 23.9.